The molecule has 146 valence electrons. The van der Waals surface area contributed by atoms with E-state index in [1.165, 1.54) is 6.33 Å². The van der Waals surface area contributed by atoms with E-state index in [0.29, 0.717) is 33.9 Å². The second kappa shape index (κ2) is 6.71. The first-order valence-electron chi connectivity index (χ1n) is 8.86. The number of hydrogen-bond donors (Lipinski definition) is 4. The average Bonchev–Trinajstić information content (AvgIpc) is 3.43. The Labute approximate surface area is 168 Å². The molecule has 0 atom stereocenters. The van der Waals surface area contributed by atoms with Crippen LogP contribution in [0.5, 0.6) is 0 Å². The van der Waals surface area contributed by atoms with Gasteiger partial charge in [0.25, 0.3) is 5.91 Å². The summed E-state index contributed by atoms with van der Waals surface area (Å²) in [6.45, 7) is 1.83. The van der Waals surface area contributed by atoms with Gasteiger partial charge >= 0.3 is 0 Å². The summed E-state index contributed by atoms with van der Waals surface area (Å²) in [7, 11) is 0. The molecule has 5 aromatic heterocycles. The van der Waals surface area contributed by atoms with E-state index >= 15 is 0 Å². The number of amides is 1. The van der Waals surface area contributed by atoms with Gasteiger partial charge < -0.3 is 16.0 Å². The van der Waals surface area contributed by atoms with Crippen LogP contribution in [0.25, 0.3) is 16.7 Å². The Balaban J connectivity index is 1.63. The van der Waals surface area contributed by atoms with E-state index in [2.05, 4.69) is 52.4 Å². The summed E-state index contributed by atoms with van der Waals surface area (Å²) in [5, 5.41) is 14.2. The van der Waals surface area contributed by atoms with Crippen LogP contribution in [0.2, 0.25) is 0 Å². The van der Waals surface area contributed by atoms with E-state index in [0.717, 1.165) is 5.69 Å². The van der Waals surface area contributed by atoms with E-state index in [-0.39, 0.29) is 11.4 Å². The predicted octanol–water partition coefficient (Wildman–Crippen LogP) is 1.27. The standard InChI is InChI=1S/C19H14N10O/c1-10-7-13(28-27-10)26-19(30)15-12(25-18-16(15)17(20)22-9-23-18)5-4-11-8-21-14-3-2-6-24-29(11)14/h2-3,6-9H,1H3,(H3,20,22,23,25)(H2,26,27,28,30). The van der Waals surface area contributed by atoms with Gasteiger partial charge in [-0.3, -0.25) is 9.89 Å². The molecule has 1 amide bonds. The summed E-state index contributed by atoms with van der Waals surface area (Å²) in [6, 6.07) is 5.32. The highest BCUT2D eigenvalue weighted by molar-refractivity contribution is 6.16. The van der Waals surface area contributed by atoms with Crippen molar-refractivity contribution in [1.82, 2.24) is 39.7 Å². The summed E-state index contributed by atoms with van der Waals surface area (Å²) in [5.74, 6) is 6.09. The highest BCUT2D eigenvalue weighted by Crippen LogP contribution is 2.25. The molecule has 5 aromatic rings. The fraction of sp³-hybridized carbons (Fsp3) is 0.0526. The van der Waals surface area contributed by atoms with Crippen molar-refractivity contribution in [3.63, 3.8) is 0 Å². The van der Waals surface area contributed by atoms with Crippen molar-refractivity contribution < 1.29 is 4.79 Å². The van der Waals surface area contributed by atoms with Crippen LogP contribution in [0.4, 0.5) is 11.6 Å². The van der Waals surface area contributed by atoms with Gasteiger partial charge in [-0.2, -0.15) is 10.2 Å². The molecule has 0 radical (unpaired) electrons. The maximum absolute atomic E-state index is 13.1. The number of aromatic nitrogens is 8. The van der Waals surface area contributed by atoms with Gasteiger partial charge in [0.1, 0.15) is 29.2 Å². The van der Waals surface area contributed by atoms with Crippen molar-refractivity contribution in [3.05, 3.63) is 59.6 Å². The zero-order chi connectivity index (χ0) is 20.7. The van der Waals surface area contributed by atoms with Crippen molar-refractivity contribution in [2.24, 2.45) is 0 Å². The lowest BCUT2D eigenvalue weighted by atomic mass is 10.1. The van der Waals surface area contributed by atoms with Crippen LogP contribution in [0.15, 0.2) is 36.9 Å². The van der Waals surface area contributed by atoms with Gasteiger partial charge in [0.05, 0.1) is 17.1 Å². The number of nitrogens with two attached hydrogens (primary N) is 1. The lowest BCUT2D eigenvalue weighted by Gasteiger charge is -2.02. The molecule has 0 spiro atoms. The van der Waals surface area contributed by atoms with Gasteiger partial charge in [-0.1, -0.05) is 0 Å². The third kappa shape index (κ3) is 2.89. The Bertz CT molecular complexity index is 1480. The molecule has 0 bridgehead atoms. The number of carbonyl (C=O) groups excluding carboxylic acids is 1. The molecule has 0 aromatic carbocycles. The highest BCUT2D eigenvalue weighted by Gasteiger charge is 2.22. The van der Waals surface area contributed by atoms with E-state index in [9.17, 15) is 4.79 Å². The Morgan fingerprint density at radius 2 is 2.17 bits per heavy atom. The topological polar surface area (TPSA) is 156 Å². The number of rotatable bonds is 2. The summed E-state index contributed by atoms with van der Waals surface area (Å²) in [4.78, 5) is 28.5. The first kappa shape index (κ1) is 17.4. The lowest BCUT2D eigenvalue weighted by Crippen LogP contribution is -2.14. The Morgan fingerprint density at radius 3 is 3.00 bits per heavy atom. The first-order chi connectivity index (χ1) is 14.6. The number of imidazole rings is 1. The van der Waals surface area contributed by atoms with E-state index in [1.807, 2.05) is 13.0 Å². The van der Waals surface area contributed by atoms with E-state index in [1.54, 1.807) is 29.0 Å². The number of fused-ring (bicyclic) bond motifs is 2. The number of nitrogens with one attached hydrogen (secondary N) is 3. The fourth-order valence-corrected chi connectivity index (χ4v) is 3.07. The van der Waals surface area contributed by atoms with Crippen molar-refractivity contribution in [2.45, 2.75) is 6.92 Å². The van der Waals surface area contributed by atoms with Crippen LogP contribution in [0.3, 0.4) is 0 Å². The van der Waals surface area contributed by atoms with Crippen LogP contribution in [0.1, 0.15) is 27.4 Å². The molecule has 0 aliphatic rings. The molecule has 5 rings (SSSR count). The number of nitrogen functional groups attached to an aromatic ring is 1. The van der Waals surface area contributed by atoms with Gasteiger partial charge in [-0.25, -0.2) is 19.5 Å². The number of carbonyl (C=O) groups is 1. The fourth-order valence-electron chi connectivity index (χ4n) is 3.07. The Kier molecular flexibility index (Phi) is 3.89. The molecule has 0 aliphatic carbocycles. The molecular weight excluding hydrogens is 384 g/mol. The van der Waals surface area contributed by atoms with Gasteiger partial charge in [0.2, 0.25) is 0 Å². The van der Waals surface area contributed by atoms with Crippen LogP contribution in [-0.4, -0.2) is 45.7 Å². The number of H-pyrrole nitrogens is 2. The maximum atomic E-state index is 13.1. The third-order valence-corrected chi connectivity index (χ3v) is 4.39. The maximum Gasteiger partial charge on any atom is 0.260 e. The summed E-state index contributed by atoms with van der Waals surface area (Å²) in [6.07, 6.45) is 4.57. The summed E-state index contributed by atoms with van der Waals surface area (Å²) < 4.78 is 1.61. The number of nitrogens with zero attached hydrogens (tertiary/aromatic N) is 6. The molecule has 30 heavy (non-hydrogen) atoms. The minimum absolute atomic E-state index is 0.170. The second-order valence-corrected chi connectivity index (χ2v) is 6.43. The monoisotopic (exact) mass is 398 g/mol. The second-order valence-electron chi connectivity index (χ2n) is 6.43. The minimum Gasteiger partial charge on any atom is -0.383 e. The van der Waals surface area contributed by atoms with Crippen LogP contribution >= 0.6 is 0 Å². The molecule has 0 saturated carbocycles. The minimum atomic E-state index is -0.435. The smallest absolute Gasteiger partial charge is 0.260 e. The molecule has 5 N–H and O–H groups in total. The zero-order valence-electron chi connectivity index (χ0n) is 15.6. The van der Waals surface area contributed by atoms with Gasteiger partial charge in [0.15, 0.2) is 11.5 Å². The highest BCUT2D eigenvalue weighted by atomic mass is 16.1. The molecule has 0 saturated heterocycles. The summed E-state index contributed by atoms with van der Waals surface area (Å²) in [5.41, 5.74) is 9.06. The van der Waals surface area contributed by atoms with Crippen LogP contribution < -0.4 is 11.1 Å². The van der Waals surface area contributed by atoms with Gasteiger partial charge in [-0.15, -0.1) is 0 Å². The third-order valence-electron chi connectivity index (χ3n) is 4.39. The largest absolute Gasteiger partial charge is 0.383 e. The van der Waals surface area contributed by atoms with Crippen molar-refractivity contribution in [2.75, 3.05) is 11.1 Å². The molecule has 11 nitrogen and oxygen atoms in total. The zero-order valence-corrected chi connectivity index (χ0v) is 15.6. The van der Waals surface area contributed by atoms with E-state index in [4.69, 9.17) is 5.73 Å². The first-order valence-corrected chi connectivity index (χ1v) is 8.86. The molecule has 0 unspecified atom stereocenters. The molecule has 0 aliphatic heterocycles. The molecule has 11 heteroatoms. The number of aromatic amines is 2. The van der Waals surface area contributed by atoms with E-state index < -0.39 is 5.91 Å². The Hall–Kier alpha value is -4.72. The molecule has 5 heterocycles. The molecule has 0 fully saturated rings. The van der Waals surface area contributed by atoms with Crippen LogP contribution in [0, 0.1) is 18.8 Å². The lowest BCUT2D eigenvalue weighted by molar-refractivity contribution is 0.102. The SMILES string of the molecule is Cc1cc(NC(=O)c2c(C#Cc3cnc4cccnn34)[nH]c3ncnc(N)c23)n[nH]1. The van der Waals surface area contributed by atoms with Crippen molar-refractivity contribution in [3.8, 4) is 11.8 Å². The van der Waals surface area contributed by atoms with Crippen LogP contribution in [-0.2, 0) is 0 Å². The summed E-state index contributed by atoms with van der Waals surface area (Å²) >= 11 is 0. The number of anilines is 2. The van der Waals surface area contributed by atoms with Crippen molar-refractivity contribution in [1.29, 1.82) is 0 Å². The Morgan fingerprint density at radius 1 is 1.27 bits per heavy atom. The van der Waals surface area contributed by atoms with Gasteiger partial charge in [0, 0.05) is 18.0 Å². The van der Waals surface area contributed by atoms with Crippen molar-refractivity contribution >= 4 is 34.2 Å². The normalized spacial score (nSPS) is 10.8. The average molecular weight is 398 g/mol. The number of aryl methyl sites for hydroxylation is 1. The van der Waals surface area contributed by atoms with Gasteiger partial charge in [-0.05, 0) is 30.9 Å². The predicted molar refractivity (Wildman–Crippen MR) is 109 cm³/mol. The molecular formula is C19H14N10O. The number of hydrogen-bond acceptors (Lipinski definition) is 7. The quantitative estimate of drug-likeness (QED) is 0.326.